The molecule has 0 radical (unpaired) electrons. The maximum atomic E-state index is 11.9. The van der Waals surface area contributed by atoms with Crippen LogP contribution < -0.4 is 5.84 Å². The predicted octanol–water partition coefficient (Wildman–Crippen LogP) is 2.25. The number of ketones is 1. The summed E-state index contributed by atoms with van der Waals surface area (Å²) in [5.74, 6) is 5.89. The molecule has 2 aromatic rings. The van der Waals surface area contributed by atoms with Crippen molar-refractivity contribution in [2.24, 2.45) is 5.84 Å². The van der Waals surface area contributed by atoms with E-state index in [0.29, 0.717) is 12.1 Å². The molecule has 0 amide bonds. The molecule has 0 aliphatic carbocycles. The fourth-order valence-electron chi connectivity index (χ4n) is 1.77. The number of carbonyl (C=O) groups excluding carboxylic acids is 1. The monoisotopic (exact) mass is 240 g/mol. The van der Waals surface area contributed by atoms with Gasteiger partial charge < -0.3 is 0 Å². The number of nitrogens with zero attached hydrogens (tertiary/aromatic N) is 1. The molecule has 0 spiro atoms. The van der Waals surface area contributed by atoms with Crippen molar-refractivity contribution in [3.05, 3.63) is 71.8 Å². The van der Waals surface area contributed by atoms with E-state index in [9.17, 15) is 4.79 Å². The van der Waals surface area contributed by atoms with Gasteiger partial charge in [0.05, 0.1) is 6.54 Å². The summed E-state index contributed by atoms with van der Waals surface area (Å²) < 4.78 is 0. The van der Waals surface area contributed by atoms with Crippen LogP contribution in [0.3, 0.4) is 0 Å². The third-order valence-corrected chi connectivity index (χ3v) is 2.67. The van der Waals surface area contributed by atoms with Crippen LogP contribution in [0.5, 0.6) is 0 Å². The van der Waals surface area contributed by atoms with E-state index < -0.39 is 0 Å². The van der Waals surface area contributed by atoms with Crippen molar-refractivity contribution < 1.29 is 4.79 Å². The number of carbonyl (C=O) groups is 1. The molecule has 0 bridgehead atoms. The van der Waals surface area contributed by atoms with E-state index in [1.165, 1.54) is 5.01 Å². The van der Waals surface area contributed by atoms with Gasteiger partial charge in [-0.2, -0.15) is 0 Å². The minimum absolute atomic E-state index is 0.0361. The molecule has 0 saturated carbocycles. The molecule has 0 atom stereocenters. The average Bonchev–Trinajstić information content (AvgIpc) is 2.40. The molecule has 0 heterocycles. The third kappa shape index (κ3) is 3.52. The molecule has 0 unspecified atom stereocenters. The summed E-state index contributed by atoms with van der Waals surface area (Å²) in [7, 11) is 0. The smallest absolute Gasteiger partial charge is 0.178 e. The highest BCUT2D eigenvalue weighted by Crippen LogP contribution is 2.04. The van der Waals surface area contributed by atoms with Gasteiger partial charge in [0.25, 0.3) is 0 Å². The standard InChI is InChI=1S/C15H16N2O/c16-17(11-13-7-3-1-4-8-13)12-15(18)14-9-5-2-6-10-14/h1-10H,11-12,16H2. The summed E-state index contributed by atoms with van der Waals surface area (Å²) in [6, 6.07) is 19.1. The van der Waals surface area contributed by atoms with Gasteiger partial charge in [-0.05, 0) is 5.56 Å². The molecule has 0 fully saturated rings. The molecule has 3 nitrogen and oxygen atoms in total. The molecular weight excluding hydrogens is 224 g/mol. The number of hydrazine groups is 1. The Morgan fingerprint density at radius 1 is 0.944 bits per heavy atom. The lowest BCUT2D eigenvalue weighted by molar-refractivity contribution is 0.0926. The zero-order chi connectivity index (χ0) is 12.8. The quantitative estimate of drug-likeness (QED) is 0.495. The average molecular weight is 240 g/mol. The second kappa shape index (κ2) is 6.10. The second-order valence-electron chi connectivity index (χ2n) is 4.18. The largest absolute Gasteiger partial charge is 0.293 e. The van der Waals surface area contributed by atoms with Crippen molar-refractivity contribution in [3.63, 3.8) is 0 Å². The highest BCUT2D eigenvalue weighted by atomic mass is 16.1. The molecular formula is C15H16N2O. The first-order valence-electron chi connectivity index (χ1n) is 5.87. The molecule has 3 heteroatoms. The van der Waals surface area contributed by atoms with E-state index in [4.69, 9.17) is 5.84 Å². The van der Waals surface area contributed by atoms with Crippen molar-refractivity contribution in [2.45, 2.75) is 6.54 Å². The molecule has 0 aromatic heterocycles. The maximum absolute atomic E-state index is 11.9. The van der Waals surface area contributed by atoms with Crippen molar-refractivity contribution in [1.82, 2.24) is 5.01 Å². The van der Waals surface area contributed by atoms with E-state index in [-0.39, 0.29) is 12.3 Å². The Bertz CT molecular complexity index is 496. The summed E-state index contributed by atoms with van der Waals surface area (Å²) in [4.78, 5) is 11.9. The summed E-state index contributed by atoms with van der Waals surface area (Å²) in [6.07, 6.45) is 0. The Kier molecular flexibility index (Phi) is 4.23. The summed E-state index contributed by atoms with van der Waals surface area (Å²) in [5.41, 5.74) is 1.79. The van der Waals surface area contributed by atoms with Gasteiger partial charge >= 0.3 is 0 Å². The number of rotatable bonds is 5. The van der Waals surface area contributed by atoms with Crippen LogP contribution in [0.25, 0.3) is 0 Å². The van der Waals surface area contributed by atoms with E-state index in [1.54, 1.807) is 12.1 Å². The van der Waals surface area contributed by atoms with Crippen molar-refractivity contribution in [1.29, 1.82) is 0 Å². The fraction of sp³-hybridized carbons (Fsp3) is 0.133. The van der Waals surface area contributed by atoms with Gasteiger partial charge in [0.2, 0.25) is 0 Å². The number of nitrogens with two attached hydrogens (primary N) is 1. The van der Waals surface area contributed by atoms with Crippen LogP contribution in [0.15, 0.2) is 60.7 Å². The Labute approximate surface area is 107 Å². The first-order chi connectivity index (χ1) is 8.75. The normalized spacial score (nSPS) is 10.6. The van der Waals surface area contributed by atoms with Crippen LogP contribution in [-0.4, -0.2) is 17.3 Å². The van der Waals surface area contributed by atoms with Crippen LogP contribution >= 0.6 is 0 Å². The zero-order valence-corrected chi connectivity index (χ0v) is 10.1. The van der Waals surface area contributed by atoms with Gasteiger partial charge in [-0.3, -0.25) is 10.6 Å². The Morgan fingerprint density at radius 2 is 1.50 bits per heavy atom. The fourth-order valence-corrected chi connectivity index (χ4v) is 1.77. The summed E-state index contributed by atoms with van der Waals surface area (Å²) in [5, 5.41) is 1.53. The third-order valence-electron chi connectivity index (χ3n) is 2.67. The van der Waals surface area contributed by atoms with Crippen LogP contribution in [0.1, 0.15) is 15.9 Å². The van der Waals surface area contributed by atoms with Crippen LogP contribution in [0, 0.1) is 0 Å². The minimum Gasteiger partial charge on any atom is -0.293 e. The van der Waals surface area contributed by atoms with Crippen LogP contribution in [0.4, 0.5) is 0 Å². The van der Waals surface area contributed by atoms with Gasteiger partial charge in [-0.15, -0.1) is 0 Å². The minimum atomic E-state index is 0.0361. The molecule has 2 aromatic carbocycles. The van der Waals surface area contributed by atoms with E-state index in [1.807, 2.05) is 48.5 Å². The van der Waals surface area contributed by atoms with E-state index in [2.05, 4.69) is 0 Å². The van der Waals surface area contributed by atoms with E-state index >= 15 is 0 Å². The number of hydrogen-bond acceptors (Lipinski definition) is 3. The maximum Gasteiger partial charge on any atom is 0.178 e. The Hall–Kier alpha value is -1.97. The lowest BCUT2D eigenvalue weighted by Crippen LogP contribution is -2.35. The van der Waals surface area contributed by atoms with Crippen molar-refractivity contribution in [2.75, 3.05) is 6.54 Å². The number of Topliss-reactive ketones (excluding diaryl/α,β-unsaturated/α-hetero) is 1. The van der Waals surface area contributed by atoms with Crippen molar-refractivity contribution in [3.8, 4) is 0 Å². The highest BCUT2D eigenvalue weighted by molar-refractivity contribution is 5.97. The highest BCUT2D eigenvalue weighted by Gasteiger charge is 2.09. The van der Waals surface area contributed by atoms with Gasteiger partial charge in [0.15, 0.2) is 5.78 Å². The molecule has 0 aliphatic heterocycles. The SMILES string of the molecule is NN(CC(=O)c1ccccc1)Cc1ccccc1. The Morgan fingerprint density at radius 3 is 2.11 bits per heavy atom. The molecule has 0 saturated heterocycles. The predicted molar refractivity (Wildman–Crippen MR) is 71.8 cm³/mol. The van der Waals surface area contributed by atoms with Gasteiger partial charge in [0.1, 0.15) is 0 Å². The zero-order valence-electron chi connectivity index (χ0n) is 10.1. The Balaban J connectivity index is 1.92. The van der Waals surface area contributed by atoms with Crippen LogP contribution in [0.2, 0.25) is 0 Å². The van der Waals surface area contributed by atoms with Crippen molar-refractivity contribution >= 4 is 5.78 Å². The second-order valence-corrected chi connectivity index (χ2v) is 4.18. The van der Waals surface area contributed by atoms with Gasteiger partial charge in [-0.1, -0.05) is 60.7 Å². The van der Waals surface area contributed by atoms with E-state index in [0.717, 1.165) is 5.56 Å². The summed E-state index contributed by atoms with van der Waals surface area (Å²) in [6.45, 7) is 0.790. The summed E-state index contributed by atoms with van der Waals surface area (Å²) >= 11 is 0. The molecule has 2 N–H and O–H groups in total. The molecule has 18 heavy (non-hydrogen) atoms. The first kappa shape index (κ1) is 12.5. The lowest BCUT2D eigenvalue weighted by atomic mass is 10.1. The van der Waals surface area contributed by atoms with Gasteiger partial charge in [0, 0.05) is 12.1 Å². The topological polar surface area (TPSA) is 46.3 Å². The first-order valence-corrected chi connectivity index (χ1v) is 5.87. The molecule has 2 rings (SSSR count). The number of hydrogen-bond donors (Lipinski definition) is 1. The van der Waals surface area contributed by atoms with Gasteiger partial charge in [-0.25, -0.2) is 5.01 Å². The number of benzene rings is 2. The van der Waals surface area contributed by atoms with Crippen LogP contribution in [-0.2, 0) is 6.54 Å². The molecule has 0 aliphatic rings. The molecule has 92 valence electrons. The lowest BCUT2D eigenvalue weighted by Gasteiger charge is -2.15.